The maximum absolute atomic E-state index is 7.99. The molecule has 122 valence electrons. The molecule has 0 aliphatic heterocycles. The molecule has 4 heteroatoms. The van der Waals surface area contributed by atoms with E-state index in [1.807, 2.05) is 59.6 Å². The normalized spacial score (nSPS) is 10.8. The van der Waals surface area contributed by atoms with E-state index in [9.17, 15) is 0 Å². The van der Waals surface area contributed by atoms with E-state index >= 15 is 0 Å². The minimum absolute atomic E-state index is 0.513. The van der Waals surface area contributed by atoms with Gasteiger partial charge in [0.1, 0.15) is 11.0 Å². The van der Waals surface area contributed by atoms with Crippen molar-refractivity contribution in [3.05, 3.63) is 94.2 Å². The standard InChI is InChI=1S/C20H22N4/c1-15-3-9-19(21)23(11-15)13-17-5-7-18(8-6-17)14-24-12-16(2)4-10-20(24)22/h3-12,21-22H,13-14H2,1-2H3. The van der Waals surface area contributed by atoms with Gasteiger partial charge in [0.15, 0.2) is 0 Å². The smallest absolute Gasteiger partial charge is 0.124 e. The van der Waals surface area contributed by atoms with Gasteiger partial charge >= 0.3 is 0 Å². The summed E-state index contributed by atoms with van der Waals surface area (Å²) in [5, 5.41) is 16.0. The van der Waals surface area contributed by atoms with Gasteiger partial charge in [0.25, 0.3) is 0 Å². The molecule has 0 atom stereocenters. The predicted octanol–water partition coefficient (Wildman–Crippen LogP) is 2.96. The minimum Gasteiger partial charge on any atom is -0.329 e. The molecule has 0 radical (unpaired) electrons. The van der Waals surface area contributed by atoms with E-state index in [4.69, 9.17) is 10.8 Å². The van der Waals surface area contributed by atoms with Crippen LogP contribution in [0.5, 0.6) is 0 Å². The molecular formula is C20H22N4. The Kier molecular flexibility index (Phi) is 4.47. The van der Waals surface area contributed by atoms with Crippen molar-refractivity contribution in [2.45, 2.75) is 26.9 Å². The van der Waals surface area contributed by atoms with Crippen LogP contribution in [-0.4, -0.2) is 9.13 Å². The molecule has 3 rings (SSSR count). The molecule has 0 aliphatic carbocycles. The Hall–Kier alpha value is -2.88. The highest BCUT2D eigenvalue weighted by Gasteiger charge is 2.00. The number of nitrogens with zero attached hydrogens (tertiary/aromatic N) is 2. The first kappa shape index (κ1) is 16.0. The second kappa shape index (κ2) is 6.71. The summed E-state index contributed by atoms with van der Waals surface area (Å²) in [6.45, 7) is 5.47. The SMILES string of the molecule is Cc1ccc(=N)n(Cc2ccc(Cn3cc(C)ccc3=N)cc2)c1. The summed E-state index contributed by atoms with van der Waals surface area (Å²) in [5.74, 6) is 0. The van der Waals surface area contributed by atoms with E-state index in [-0.39, 0.29) is 0 Å². The van der Waals surface area contributed by atoms with Crippen LogP contribution in [-0.2, 0) is 13.1 Å². The lowest BCUT2D eigenvalue weighted by atomic mass is 10.1. The van der Waals surface area contributed by atoms with Gasteiger partial charge in [-0.2, -0.15) is 0 Å². The molecule has 0 unspecified atom stereocenters. The van der Waals surface area contributed by atoms with E-state index in [0.29, 0.717) is 24.1 Å². The number of hydrogen-bond donors (Lipinski definition) is 2. The second-order valence-electron chi connectivity index (χ2n) is 6.26. The molecule has 1 aromatic carbocycles. The van der Waals surface area contributed by atoms with Crippen LogP contribution < -0.4 is 11.0 Å². The number of benzene rings is 1. The number of pyridine rings is 2. The zero-order chi connectivity index (χ0) is 17.1. The molecule has 0 spiro atoms. The van der Waals surface area contributed by atoms with Crippen molar-refractivity contribution >= 4 is 0 Å². The molecule has 0 bridgehead atoms. The molecule has 24 heavy (non-hydrogen) atoms. The third kappa shape index (κ3) is 3.71. The summed E-state index contributed by atoms with van der Waals surface area (Å²) in [6, 6.07) is 16.0. The van der Waals surface area contributed by atoms with Gasteiger partial charge in [-0.15, -0.1) is 0 Å². The molecule has 2 N–H and O–H groups in total. The van der Waals surface area contributed by atoms with Crippen LogP contribution in [0.25, 0.3) is 0 Å². The highest BCUT2D eigenvalue weighted by molar-refractivity contribution is 5.24. The lowest BCUT2D eigenvalue weighted by molar-refractivity contribution is 0.718. The van der Waals surface area contributed by atoms with Crippen molar-refractivity contribution in [3.63, 3.8) is 0 Å². The second-order valence-corrected chi connectivity index (χ2v) is 6.26. The third-order valence-electron chi connectivity index (χ3n) is 4.07. The van der Waals surface area contributed by atoms with Crippen LogP contribution in [0.2, 0.25) is 0 Å². The zero-order valence-electron chi connectivity index (χ0n) is 14.1. The number of aryl methyl sites for hydroxylation is 2. The van der Waals surface area contributed by atoms with Crippen LogP contribution >= 0.6 is 0 Å². The van der Waals surface area contributed by atoms with Crippen molar-refractivity contribution in [1.82, 2.24) is 9.13 Å². The Morgan fingerprint density at radius 2 is 1.00 bits per heavy atom. The van der Waals surface area contributed by atoms with Gasteiger partial charge in [0, 0.05) is 25.5 Å². The Morgan fingerprint density at radius 3 is 1.38 bits per heavy atom. The monoisotopic (exact) mass is 318 g/mol. The van der Waals surface area contributed by atoms with Gasteiger partial charge < -0.3 is 9.13 Å². The Balaban J connectivity index is 1.78. The van der Waals surface area contributed by atoms with E-state index in [1.54, 1.807) is 0 Å². The maximum atomic E-state index is 7.99. The number of hydrogen-bond acceptors (Lipinski definition) is 2. The summed E-state index contributed by atoms with van der Waals surface area (Å²) in [4.78, 5) is 0. The van der Waals surface area contributed by atoms with Crippen molar-refractivity contribution in [3.8, 4) is 0 Å². The average molecular weight is 318 g/mol. The van der Waals surface area contributed by atoms with Crippen molar-refractivity contribution < 1.29 is 0 Å². The Morgan fingerprint density at radius 1 is 0.625 bits per heavy atom. The average Bonchev–Trinajstić information content (AvgIpc) is 2.56. The van der Waals surface area contributed by atoms with E-state index in [2.05, 4.69) is 24.3 Å². The molecule has 0 aliphatic rings. The molecule has 2 heterocycles. The number of nitrogens with one attached hydrogen (secondary N) is 2. The molecule has 2 aromatic heterocycles. The predicted molar refractivity (Wildman–Crippen MR) is 94.7 cm³/mol. The van der Waals surface area contributed by atoms with E-state index in [1.165, 1.54) is 11.1 Å². The first-order chi connectivity index (χ1) is 11.5. The van der Waals surface area contributed by atoms with Crippen LogP contribution in [0, 0.1) is 24.7 Å². The number of aromatic nitrogens is 2. The lowest BCUT2D eigenvalue weighted by Gasteiger charge is -2.11. The summed E-state index contributed by atoms with van der Waals surface area (Å²) in [7, 11) is 0. The first-order valence-electron chi connectivity index (χ1n) is 8.02. The molecular weight excluding hydrogens is 296 g/mol. The largest absolute Gasteiger partial charge is 0.329 e. The first-order valence-corrected chi connectivity index (χ1v) is 8.02. The summed E-state index contributed by atoms with van der Waals surface area (Å²) < 4.78 is 3.89. The molecule has 3 aromatic rings. The highest BCUT2D eigenvalue weighted by atomic mass is 15.0. The van der Waals surface area contributed by atoms with Crippen molar-refractivity contribution in [2.75, 3.05) is 0 Å². The van der Waals surface area contributed by atoms with Crippen LogP contribution in [0.1, 0.15) is 22.3 Å². The Bertz CT molecular complexity index is 881. The van der Waals surface area contributed by atoms with Crippen LogP contribution in [0.3, 0.4) is 0 Å². The fraction of sp³-hybridized carbons (Fsp3) is 0.200. The lowest BCUT2D eigenvalue weighted by Crippen LogP contribution is -2.20. The van der Waals surface area contributed by atoms with Gasteiger partial charge in [0.2, 0.25) is 0 Å². The van der Waals surface area contributed by atoms with Crippen molar-refractivity contribution in [1.29, 1.82) is 10.8 Å². The topological polar surface area (TPSA) is 57.6 Å². The van der Waals surface area contributed by atoms with Gasteiger partial charge in [0.05, 0.1) is 0 Å². The van der Waals surface area contributed by atoms with Gasteiger partial charge in [-0.3, -0.25) is 10.8 Å². The zero-order valence-corrected chi connectivity index (χ0v) is 14.1. The van der Waals surface area contributed by atoms with Crippen LogP contribution in [0.15, 0.2) is 60.9 Å². The number of rotatable bonds is 4. The van der Waals surface area contributed by atoms with Crippen LogP contribution in [0.4, 0.5) is 0 Å². The molecule has 0 saturated carbocycles. The quantitative estimate of drug-likeness (QED) is 0.743. The van der Waals surface area contributed by atoms with E-state index in [0.717, 1.165) is 11.1 Å². The van der Waals surface area contributed by atoms with Gasteiger partial charge in [-0.1, -0.05) is 36.4 Å². The summed E-state index contributed by atoms with van der Waals surface area (Å²) >= 11 is 0. The fourth-order valence-electron chi connectivity index (χ4n) is 2.73. The summed E-state index contributed by atoms with van der Waals surface area (Å²) in [6.07, 6.45) is 4.01. The van der Waals surface area contributed by atoms with E-state index < -0.39 is 0 Å². The fourth-order valence-corrected chi connectivity index (χ4v) is 2.73. The van der Waals surface area contributed by atoms with Gasteiger partial charge in [-0.05, 0) is 48.2 Å². The minimum atomic E-state index is 0.513. The molecule has 0 amide bonds. The highest BCUT2D eigenvalue weighted by Crippen LogP contribution is 2.08. The molecule has 0 fully saturated rings. The molecule has 4 nitrogen and oxygen atoms in total. The third-order valence-corrected chi connectivity index (χ3v) is 4.07. The molecule has 0 saturated heterocycles. The maximum Gasteiger partial charge on any atom is 0.124 e. The summed E-state index contributed by atoms with van der Waals surface area (Å²) in [5.41, 5.74) is 5.67. The Labute approximate surface area is 141 Å². The van der Waals surface area contributed by atoms with Gasteiger partial charge in [-0.25, -0.2) is 0 Å². The van der Waals surface area contributed by atoms with Crippen molar-refractivity contribution in [2.24, 2.45) is 0 Å².